The number of unbranched alkanes of at least 4 members (excludes halogenated alkanes) is 18. The van der Waals surface area contributed by atoms with Crippen LogP contribution in [0.15, 0.2) is 60.8 Å². The van der Waals surface area contributed by atoms with Gasteiger partial charge in [-0.15, -0.1) is 0 Å². The zero-order valence-corrected chi connectivity index (χ0v) is 40.6. The molecule has 2 fully saturated rings. The van der Waals surface area contributed by atoms with Gasteiger partial charge < -0.3 is 64.2 Å². The van der Waals surface area contributed by atoms with E-state index >= 15 is 0 Å². The Hall–Kier alpha value is -2.80. The lowest BCUT2D eigenvalue weighted by atomic mass is 9.98. The average Bonchev–Trinajstić information content (AvgIpc) is 3.32. The summed E-state index contributed by atoms with van der Waals surface area (Å²) in [5.41, 5.74) is 0. The second-order valence-electron chi connectivity index (χ2n) is 17.7. The fraction of sp³-hybridized carbons (Fsp3) is 0.769. The van der Waals surface area contributed by atoms with Crippen molar-refractivity contribution in [3.63, 3.8) is 0 Å². The topological polar surface area (TPSA) is 231 Å². The third-order valence-electron chi connectivity index (χ3n) is 11.9. The molecule has 15 nitrogen and oxygen atoms in total. The van der Waals surface area contributed by atoms with Crippen LogP contribution in [-0.2, 0) is 38.0 Å². The zero-order chi connectivity index (χ0) is 48.9. The summed E-state index contributed by atoms with van der Waals surface area (Å²) >= 11 is 0. The molecule has 2 aliphatic heterocycles. The Morgan fingerprint density at radius 2 is 0.940 bits per heavy atom. The maximum Gasteiger partial charge on any atom is 0.306 e. The number of hydrogen-bond acceptors (Lipinski definition) is 15. The molecule has 0 bridgehead atoms. The SMILES string of the molecule is CC/C=C/C=C/C=C/C=C/C=C/CCCC(=O)OC(COC(=O)CCCCCCCCCCCCCCCCCCCC)CO[C@@H]1O[C@H](CO[C@@H]2O[C@H](CO)[C@H](O)C(O)C2O)[C@H](O)C(O)C1O. The Balaban J connectivity index is 1.82. The van der Waals surface area contributed by atoms with Crippen molar-refractivity contribution in [2.24, 2.45) is 0 Å². The highest BCUT2D eigenvalue weighted by Gasteiger charge is 2.47. The minimum absolute atomic E-state index is 0.0681. The fourth-order valence-electron chi connectivity index (χ4n) is 7.72. The van der Waals surface area contributed by atoms with E-state index in [0.29, 0.717) is 19.3 Å². The molecule has 2 heterocycles. The Morgan fingerprint density at radius 3 is 1.46 bits per heavy atom. The molecule has 0 amide bonds. The smallest absolute Gasteiger partial charge is 0.306 e. The third-order valence-corrected chi connectivity index (χ3v) is 11.9. The molecule has 2 saturated heterocycles. The molecule has 5 unspecified atom stereocenters. The molecule has 0 aromatic carbocycles. The quantitative estimate of drug-likeness (QED) is 0.0190. The lowest BCUT2D eigenvalue weighted by molar-refractivity contribution is -0.332. The number of carbonyl (C=O) groups is 2. The molecule has 7 N–H and O–H groups in total. The summed E-state index contributed by atoms with van der Waals surface area (Å²) in [5.74, 6) is -1.01. The van der Waals surface area contributed by atoms with E-state index in [-0.39, 0.29) is 19.4 Å². The number of aliphatic hydroxyl groups is 7. The first-order chi connectivity index (χ1) is 32.5. The van der Waals surface area contributed by atoms with Gasteiger partial charge in [0.15, 0.2) is 18.7 Å². The van der Waals surface area contributed by atoms with Gasteiger partial charge in [-0.05, 0) is 25.7 Å². The molecule has 0 aliphatic carbocycles. The van der Waals surface area contributed by atoms with Gasteiger partial charge in [-0.1, -0.05) is 184 Å². The van der Waals surface area contributed by atoms with Gasteiger partial charge in [0.05, 0.1) is 19.8 Å². The van der Waals surface area contributed by atoms with Crippen LogP contribution in [0.3, 0.4) is 0 Å². The van der Waals surface area contributed by atoms with Crippen molar-refractivity contribution in [1.82, 2.24) is 0 Å². The van der Waals surface area contributed by atoms with Crippen LogP contribution in [0.2, 0.25) is 0 Å². The Morgan fingerprint density at radius 1 is 0.493 bits per heavy atom. The van der Waals surface area contributed by atoms with Crippen molar-refractivity contribution in [2.75, 3.05) is 26.4 Å². The summed E-state index contributed by atoms with van der Waals surface area (Å²) < 4.78 is 33.5. The number of ether oxygens (including phenoxy) is 6. The van der Waals surface area contributed by atoms with Crippen LogP contribution in [-0.4, -0.2) is 142 Å². The molecule has 0 radical (unpaired) electrons. The number of rotatable bonds is 38. The lowest BCUT2D eigenvalue weighted by Crippen LogP contribution is -2.61. The predicted octanol–water partition coefficient (Wildman–Crippen LogP) is 6.88. The maximum absolute atomic E-state index is 12.9. The van der Waals surface area contributed by atoms with Crippen LogP contribution in [0.1, 0.15) is 162 Å². The van der Waals surface area contributed by atoms with Gasteiger partial charge in [0.2, 0.25) is 0 Å². The van der Waals surface area contributed by atoms with E-state index in [4.69, 9.17) is 28.4 Å². The summed E-state index contributed by atoms with van der Waals surface area (Å²) in [6, 6.07) is 0. The van der Waals surface area contributed by atoms with Gasteiger partial charge in [-0.2, -0.15) is 0 Å². The summed E-state index contributed by atoms with van der Waals surface area (Å²) in [7, 11) is 0. The van der Waals surface area contributed by atoms with Gasteiger partial charge in [-0.3, -0.25) is 9.59 Å². The monoisotopic (exact) mass is 953 g/mol. The Bertz CT molecular complexity index is 1400. The summed E-state index contributed by atoms with van der Waals surface area (Å²) in [4.78, 5) is 25.7. The van der Waals surface area contributed by atoms with Crippen LogP contribution in [0.5, 0.6) is 0 Å². The molecule has 2 rings (SSSR count). The first kappa shape index (κ1) is 60.3. The minimum Gasteiger partial charge on any atom is -0.462 e. The highest BCUT2D eigenvalue weighted by atomic mass is 16.7. The van der Waals surface area contributed by atoms with E-state index in [1.165, 1.54) is 89.9 Å². The Kier molecular flexibility index (Phi) is 35.1. The molecule has 0 aromatic heterocycles. The van der Waals surface area contributed by atoms with E-state index in [9.17, 15) is 45.3 Å². The van der Waals surface area contributed by atoms with E-state index in [1.807, 2.05) is 54.7 Å². The highest BCUT2D eigenvalue weighted by Crippen LogP contribution is 2.26. The molecular formula is C52H88O15. The normalized spacial score (nSPS) is 26.5. The van der Waals surface area contributed by atoms with Gasteiger partial charge in [0.1, 0.15) is 55.4 Å². The largest absolute Gasteiger partial charge is 0.462 e. The number of carbonyl (C=O) groups excluding carboxylic acids is 2. The summed E-state index contributed by atoms with van der Waals surface area (Å²) in [5, 5.41) is 72.0. The van der Waals surface area contributed by atoms with Crippen molar-refractivity contribution in [1.29, 1.82) is 0 Å². The molecule has 15 heteroatoms. The molecular weight excluding hydrogens is 865 g/mol. The molecule has 11 atom stereocenters. The first-order valence-electron chi connectivity index (χ1n) is 25.4. The molecule has 2 aliphatic rings. The molecule has 386 valence electrons. The number of allylic oxidation sites excluding steroid dienone is 10. The minimum atomic E-state index is -1.78. The van der Waals surface area contributed by atoms with Crippen LogP contribution in [0.4, 0.5) is 0 Å². The van der Waals surface area contributed by atoms with Gasteiger partial charge in [0, 0.05) is 12.8 Å². The number of esters is 2. The van der Waals surface area contributed by atoms with Crippen molar-refractivity contribution >= 4 is 11.9 Å². The number of hydrogen-bond donors (Lipinski definition) is 7. The fourth-order valence-corrected chi connectivity index (χ4v) is 7.72. The average molecular weight is 953 g/mol. The summed E-state index contributed by atoms with van der Waals surface area (Å²) in [6.07, 6.45) is 27.0. The van der Waals surface area contributed by atoms with E-state index < -0.39 is 99.3 Å². The van der Waals surface area contributed by atoms with E-state index in [0.717, 1.165) is 25.7 Å². The first-order valence-corrected chi connectivity index (χ1v) is 25.4. The molecule has 67 heavy (non-hydrogen) atoms. The van der Waals surface area contributed by atoms with Gasteiger partial charge in [0.25, 0.3) is 0 Å². The summed E-state index contributed by atoms with van der Waals surface area (Å²) in [6.45, 7) is 2.36. The lowest BCUT2D eigenvalue weighted by Gasteiger charge is -2.42. The van der Waals surface area contributed by atoms with Crippen LogP contribution < -0.4 is 0 Å². The van der Waals surface area contributed by atoms with Gasteiger partial charge >= 0.3 is 11.9 Å². The zero-order valence-electron chi connectivity index (χ0n) is 40.6. The van der Waals surface area contributed by atoms with Crippen molar-refractivity contribution in [3.05, 3.63) is 60.8 Å². The second-order valence-corrected chi connectivity index (χ2v) is 17.7. The molecule has 0 saturated carbocycles. The van der Waals surface area contributed by atoms with Crippen LogP contribution >= 0.6 is 0 Å². The van der Waals surface area contributed by atoms with Gasteiger partial charge in [-0.25, -0.2) is 0 Å². The predicted molar refractivity (Wildman–Crippen MR) is 256 cm³/mol. The van der Waals surface area contributed by atoms with Crippen molar-refractivity contribution < 1.29 is 73.8 Å². The van der Waals surface area contributed by atoms with Crippen molar-refractivity contribution in [3.8, 4) is 0 Å². The van der Waals surface area contributed by atoms with Crippen LogP contribution in [0, 0.1) is 0 Å². The maximum atomic E-state index is 12.9. The van der Waals surface area contributed by atoms with E-state index in [1.54, 1.807) is 0 Å². The standard InChI is InChI=1S/C52H88O15/c1-3-5-7-9-11-13-15-17-18-19-20-21-23-24-26-28-30-32-34-43(54)62-37-40(65-44(55)35-33-31-29-27-25-22-16-14-12-10-8-6-4-2)38-63-51-50(61)48(59)46(57)42(67-51)39-64-52-49(60)47(58)45(56)41(36-53)66-52/h6,8,10,12,14,16,22,25,27,29,40-42,45-53,56-61H,3-5,7,9,11,13,15,17-21,23-24,26,28,30-39H2,1-2H3/b8-6+,12-10+,16-14+,25-22+,29-27+/t40?,41-,42-,45+,46+,47?,48?,49?,50?,51-,52-/m1/s1. The second kappa shape index (κ2) is 39.0. The third kappa shape index (κ3) is 27.3. The van der Waals surface area contributed by atoms with Crippen LogP contribution in [0.25, 0.3) is 0 Å². The molecule has 0 aromatic rings. The molecule has 0 spiro atoms. The number of aliphatic hydroxyl groups excluding tert-OH is 7. The van der Waals surface area contributed by atoms with E-state index in [2.05, 4.69) is 19.9 Å². The Labute approximate surface area is 400 Å². The van der Waals surface area contributed by atoms with Crippen molar-refractivity contribution in [2.45, 2.75) is 229 Å². The highest BCUT2D eigenvalue weighted by molar-refractivity contribution is 5.70.